The Bertz CT molecular complexity index is 926. The Morgan fingerprint density at radius 2 is 1.50 bits per heavy atom. The minimum absolute atomic E-state index is 0.256. The summed E-state index contributed by atoms with van der Waals surface area (Å²) < 4.78 is 5.13. The van der Waals surface area contributed by atoms with E-state index in [1.54, 1.807) is 19.2 Å². The molecular weight excluding hydrogens is 370 g/mol. The second kappa shape index (κ2) is 9.53. The Morgan fingerprint density at radius 1 is 0.857 bits per heavy atom. The zero-order valence-corrected chi connectivity index (χ0v) is 16.3. The number of methoxy groups -OCH3 is 1. The Labute approximate surface area is 169 Å². The maximum absolute atomic E-state index is 12.3. The van der Waals surface area contributed by atoms with E-state index in [4.69, 9.17) is 17.0 Å². The summed E-state index contributed by atoms with van der Waals surface area (Å²) in [5, 5.41) is 3.38. The van der Waals surface area contributed by atoms with Crippen molar-refractivity contribution in [3.63, 3.8) is 0 Å². The first-order valence-corrected chi connectivity index (χ1v) is 9.19. The van der Waals surface area contributed by atoms with Gasteiger partial charge in [0.1, 0.15) is 5.75 Å². The van der Waals surface area contributed by atoms with E-state index in [-0.39, 0.29) is 5.91 Å². The van der Waals surface area contributed by atoms with Gasteiger partial charge in [0.25, 0.3) is 5.91 Å². The number of hydrogen-bond acceptors (Lipinski definition) is 3. The third kappa shape index (κ3) is 5.31. The van der Waals surface area contributed by atoms with Crippen molar-refractivity contribution in [2.24, 2.45) is 0 Å². The number of hydrazine groups is 1. The lowest BCUT2D eigenvalue weighted by atomic mass is 10.0. The van der Waals surface area contributed by atoms with Crippen molar-refractivity contribution in [3.05, 3.63) is 90.0 Å². The summed E-state index contributed by atoms with van der Waals surface area (Å²) >= 11 is 5.19. The number of hydrogen-bond donors (Lipinski definition) is 3. The van der Waals surface area contributed by atoms with E-state index in [0.717, 1.165) is 22.4 Å². The van der Waals surface area contributed by atoms with Crippen LogP contribution in [-0.4, -0.2) is 18.1 Å². The molecule has 0 atom stereocenters. The smallest absolute Gasteiger partial charge is 0.269 e. The van der Waals surface area contributed by atoms with Crippen molar-refractivity contribution >= 4 is 23.2 Å². The molecule has 5 nitrogen and oxygen atoms in total. The molecule has 1 amide bonds. The van der Waals surface area contributed by atoms with Gasteiger partial charge in [0.05, 0.1) is 7.11 Å². The number of rotatable bonds is 5. The molecule has 142 valence electrons. The number of nitrogens with one attached hydrogen (secondary N) is 3. The highest BCUT2D eigenvalue weighted by Gasteiger charge is 2.06. The number of ether oxygens (including phenoxy) is 1. The van der Waals surface area contributed by atoms with E-state index in [2.05, 4.69) is 16.2 Å². The Balaban J connectivity index is 1.47. The molecule has 0 spiro atoms. The summed E-state index contributed by atoms with van der Waals surface area (Å²) in [5.41, 5.74) is 9.08. The fourth-order valence-electron chi connectivity index (χ4n) is 2.60. The SMILES string of the molecule is COc1ccc(CNC(=S)NNC(=O)c2ccc(-c3ccccc3)cc2)cc1. The zero-order chi connectivity index (χ0) is 19.8. The van der Waals surface area contributed by atoms with Gasteiger partial charge in [-0.15, -0.1) is 0 Å². The van der Waals surface area contributed by atoms with Crippen LogP contribution in [-0.2, 0) is 6.54 Å². The fourth-order valence-corrected chi connectivity index (χ4v) is 2.72. The van der Waals surface area contributed by atoms with Gasteiger partial charge >= 0.3 is 0 Å². The molecule has 0 saturated carbocycles. The largest absolute Gasteiger partial charge is 0.497 e. The Hall–Kier alpha value is -3.38. The van der Waals surface area contributed by atoms with Crippen LogP contribution in [0.4, 0.5) is 0 Å². The van der Waals surface area contributed by atoms with Crippen LogP contribution in [0.5, 0.6) is 5.75 Å². The van der Waals surface area contributed by atoms with Crippen LogP contribution in [0, 0.1) is 0 Å². The first kappa shape index (κ1) is 19.4. The van der Waals surface area contributed by atoms with Gasteiger partial charge in [0.2, 0.25) is 0 Å². The summed E-state index contributed by atoms with van der Waals surface area (Å²) in [4.78, 5) is 12.3. The van der Waals surface area contributed by atoms with Crippen molar-refractivity contribution in [1.29, 1.82) is 0 Å². The topological polar surface area (TPSA) is 62.4 Å². The van der Waals surface area contributed by atoms with Crippen molar-refractivity contribution in [3.8, 4) is 16.9 Å². The van der Waals surface area contributed by atoms with Crippen LogP contribution in [0.3, 0.4) is 0 Å². The molecule has 0 unspecified atom stereocenters. The zero-order valence-electron chi connectivity index (χ0n) is 15.4. The van der Waals surface area contributed by atoms with E-state index in [1.165, 1.54) is 0 Å². The molecule has 0 aliphatic rings. The van der Waals surface area contributed by atoms with Gasteiger partial charge in [0, 0.05) is 12.1 Å². The fraction of sp³-hybridized carbons (Fsp3) is 0.0909. The number of carbonyl (C=O) groups excluding carboxylic acids is 1. The van der Waals surface area contributed by atoms with Gasteiger partial charge in [-0.3, -0.25) is 15.6 Å². The van der Waals surface area contributed by atoms with E-state index in [1.807, 2.05) is 66.7 Å². The van der Waals surface area contributed by atoms with Crippen molar-refractivity contribution in [2.45, 2.75) is 6.54 Å². The Morgan fingerprint density at radius 3 is 2.14 bits per heavy atom. The van der Waals surface area contributed by atoms with Crippen LogP contribution in [0.15, 0.2) is 78.9 Å². The molecule has 6 heteroatoms. The molecule has 3 aromatic rings. The number of thiocarbonyl (C=S) groups is 1. The summed E-state index contributed by atoms with van der Waals surface area (Å²) in [5.74, 6) is 0.545. The lowest BCUT2D eigenvalue weighted by Gasteiger charge is -2.12. The molecule has 0 aliphatic carbocycles. The highest BCUT2D eigenvalue weighted by molar-refractivity contribution is 7.80. The van der Waals surface area contributed by atoms with E-state index < -0.39 is 0 Å². The Kier molecular flexibility index (Phi) is 6.59. The molecule has 0 radical (unpaired) electrons. The molecule has 0 fully saturated rings. The van der Waals surface area contributed by atoms with E-state index >= 15 is 0 Å². The van der Waals surface area contributed by atoms with Crippen molar-refractivity contribution in [1.82, 2.24) is 16.2 Å². The quantitative estimate of drug-likeness (QED) is 0.458. The van der Waals surface area contributed by atoms with Crippen LogP contribution >= 0.6 is 12.2 Å². The second-order valence-electron chi connectivity index (χ2n) is 6.05. The maximum atomic E-state index is 12.3. The highest BCUT2D eigenvalue weighted by atomic mass is 32.1. The molecular formula is C22H21N3O2S. The highest BCUT2D eigenvalue weighted by Crippen LogP contribution is 2.19. The molecule has 3 rings (SSSR count). The molecule has 0 bridgehead atoms. The molecule has 0 heterocycles. The first-order chi connectivity index (χ1) is 13.7. The van der Waals surface area contributed by atoms with E-state index in [9.17, 15) is 4.79 Å². The normalized spacial score (nSPS) is 10.0. The minimum Gasteiger partial charge on any atom is -0.497 e. The molecule has 28 heavy (non-hydrogen) atoms. The standard InChI is InChI=1S/C22H21N3O2S/c1-27-20-13-7-16(8-14-20)15-23-22(28)25-24-21(26)19-11-9-18(10-12-19)17-5-3-2-4-6-17/h2-14H,15H2,1H3,(H,24,26)(H2,23,25,28). The van der Waals surface area contributed by atoms with Gasteiger partial charge in [-0.1, -0.05) is 54.6 Å². The van der Waals surface area contributed by atoms with Gasteiger partial charge in [-0.2, -0.15) is 0 Å². The van der Waals surface area contributed by atoms with Crippen LogP contribution in [0.2, 0.25) is 0 Å². The average molecular weight is 391 g/mol. The van der Waals surface area contributed by atoms with Crippen LogP contribution < -0.4 is 20.9 Å². The summed E-state index contributed by atoms with van der Waals surface area (Å²) in [7, 11) is 1.63. The molecule has 0 aromatic heterocycles. The first-order valence-electron chi connectivity index (χ1n) is 8.78. The molecule has 0 aliphatic heterocycles. The summed E-state index contributed by atoms with van der Waals surface area (Å²) in [6, 6.07) is 25.1. The molecule has 0 saturated heterocycles. The lowest BCUT2D eigenvalue weighted by molar-refractivity contribution is 0.0943. The average Bonchev–Trinajstić information content (AvgIpc) is 2.77. The monoisotopic (exact) mass is 391 g/mol. The van der Waals surface area contributed by atoms with Gasteiger partial charge in [0.15, 0.2) is 5.11 Å². The molecule has 3 aromatic carbocycles. The predicted molar refractivity (Wildman–Crippen MR) is 115 cm³/mol. The summed E-state index contributed by atoms with van der Waals surface area (Å²) in [6.07, 6.45) is 0. The number of amides is 1. The van der Waals surface area contributed by atoms with Crippen molar-refractivity contribution < 1.29 is 9.53 Å². The van der Waals surface area contributed by atoms with Crippen molar-refractivity contribution in [2.75, 3.05) is 7.11 Å². The predicted octanol–water partition coefficient (Wildman–Crippen LogP) is 3.67. The third-order valence-corrected chi connectivity index (χ3v) is 4.40. The van der Waals surface area contributed by atoms with Gasteiger partial charge in [-0.25, -0.2) is 0 Å². The minimum atomic E-state index is -0.256. The number of carbonyl (C=O) groups is 1. The summed E-state index contributed by atoms with van der Waals surface area (Å²) in [6.45, 7) is 0.539. The second-order valence-corrected chi connectivity index (χ2v) is 6.46. The lowest BCUT2D eigenvalue weighted by Crippen LogP contribution is -2.46. The maximum Gasteiger partial charge on any atom is 0.269 e. The van der Waals surface area contributed by atoms with Gasteiger partial charge in [-0.05, 0) is 53.2 Å². The van der Waals surface area contributed by atoms with E-state index in [0.29, 0.717) is 17.2 Å². The third-order valence-electron chi connectivity index (χ3n) is 4.16. The van der Waals surface area contributed by atoms with Gasteiger partial charge < -0.3 is 10.1 Å². The van der Waals surface area contributed by atoms with Crippen LogP contribution in [0.1, 0.15) is 15.9 Å². The molecule has 3 N–H and O–H groups in total. The van der Waals surface area contributed by atoms with Crippen LogP contribution in [0.25, 0.3) is 11.1 Å². The number of benzene rings is 3.